The lowest BCUT2D eigenvalue weighted by atomic mass is 10.0. The highest BCUT2D eigenvalue weighted by molar-refractivity contribution is 7.98. The quantitative estimate of drug-likeness (QED) is 0.247. The highest BCUT2D eigenvalue weighted by Gasteiger charge is 2.33. The normalized spacial score (nSPS) is 13.6. The van der Waals surface area contributed by atoms with Gasteiger partial charge in [0.2, 0.25) is 0 Å². The Balaban J connectivity index is 1.55. The molecular weight excluding hydrogens is 452 g/mol. The van der Waals surface area contributed by atoms with Crippen LogP contribution < -0.4 is 0 Å². The van der Waals surface area contributed by atoms with E-state index in [0.717, 1.165) is 76.9 Å². The Labute approximate surface area is 192 Å². The minimum atomic E-state index is -4.55. The van der Waals surface area contributed by atoms with Crippen molar-refractivity contribution in [2.24, 2.45) is 0 Å². The number of fused-ring (bicyclic) bond motifs is 2. The first-order valence-electron chi connectivity index (χ1n) is 10.7. The van der Waals surface area contributed by atoms with E-state index in [1.165, 1.54) is 0 Å². The van der Waals surface area contributed by atoms with Gasteiger partial charge < -0.3 is 4.57 Å². The number of alkyl halides is 3. The van der Waals surface area contributed by atoms with Crippen molar-refractivity contribution < 1.29 is 17.6 Å². The second-order valence-electron chi connectivity index (χ2n) is 7.92. The van der Waals surface area contributed by atoms with Crippen molar-refractivity contribution in [2.75, 3.05) is 0 Å². The molecule has 0 bridgehead atoms. The first kappa shape index (κ1) is 21.9. The smallest absolute Gasteiger partial charge is 0.302 e. The van der Waals surface area contributed by atoms with Crippen LogP contribution in [0.4, 0.5) is 17.6 Å². The lowest BCUT2D eigenvalue weighted by molar-refractivity contribution is -0.138. The zero-order valence-corrected chi connectivity index (χ0v) is 18.6. The van der Waals surface area contributed by atoms with Crippen LogP contribution in [-0.2, 0) is 31.3 Å². The molecule has 0 saturated heterocycles. The molecule has 9 heteroatoms. The molecule has 0 radical (unpaired) electrons. The number of rotatable bonds is 5. The number of halogens is 4. The minimum Gasteiger partial charge on any atom is -0.302 e. The monoisotopic (exact) mass is 472 g/mol. The second-order valence-corrected chi connectivity index (χ2v) is 8.86. The van der Waals surface area contributed by atoms with E-state index in [2.05, 4.69) is 10.2 Å². The number of aryl methyl sites for hydroxylation is 1. The Morgan fingerprint density at radius 3 is 2.67 bits per heavy atom. The molecule has 0 atom stereocenters. The van der Waals surface area contributed by atoms with E-state index in [9.17, 15) is 17.6 Å². The van der Waals surface area contributed by atoms with Gasteiger partial charge in [0.1, 0.15) is 5.82 Å². The third kappa shape index (κ3) is 3.99. The predicted octanol–water partition coefficient (Wildman–Crippen LogP) is 6.45. The minimum absolute atomic E-state index is 0.0695. The summed E-state index contributed by atoms with van der Waals surface area (Å²) >= 11 is 1.12. The SMILES string of the molecule is CCn1c(SCc2cc(F)ccc2C(F)(F)F)nnc1-c1c2c(nc3ccccc13)CCC2. The Kier molecular flexibility index (Phi) is 5.60. The van der Waals surface area contributed by atoms with E-state index >= 15 is 0 Å². The summed E-state index contributed by atoms with van der Waals surface area (Å²) in [5.41, 5.74) is 3.17. The summed E-state index contributed by atoms with van der Waals surface area (Å²) in [6.45, 7) is 2.50. The Morgan fingerprint density at radius 2 is 1.88 bits per heavy atom. The number of pyridine rings is 1. The van der Waals surface area contributed by atoms with Crippen LogP contribution in [0.15, 0.2) is 47.6 Å². The second kappa shape index (κ2) is 8.44. The average Bonchev–Trinajstić information content (AvgIpc) is 3.41. The van der Waals surface area contributed by atoms with Gasteiger partial charge >= 0.3 is 6.18 Å². The molecule has 0 spiro atoms. The molecule has 5 rings (SSSR count). The van der Waals surface area contributed by atoms with Crippen molar-refractivity contribution >= 4 is 22.7 Å². The molecule has 4 aromatic rings. The Bertz CT molecular complexity index is 1350. The van der Waals surface area contributed by atoms with Crippen LogP contribution in [0.5, 0.6) is 0 Å². The van der Waals surface area contributed by atoms with Gasteiger partial charge in [-0.2, -0.15) is 13.2 Å². The molecule has 0 fully saturated rings. The number of thioether (sulfide) groups is 1. The van der Waals surface area contributed by atoms with E-state index in [0.29, 0.717) is 17.5 Å². The fourth-order valence-electron chi connectivity index (χ4n) is 4.43. The molecule has 0 saturated carbocycles. The van der Waals surface area contributed by atoms with E-state index in [4.69, 9.17) is 4.98 Å². The van der Waals surface area contributed by atoms with E-state index in [1.54, 1.807) is 0 Å². The van der Waals surface area contributed by atoms with Gasteiger partial charge in [-0.3, -0.25) is 4.98 Å². The molecule has 0 aliphatic heterocycles. The topological polar surface area (TPSA) is 43.6 Å². The van der Waals surface area contributed by atoms with Gasteiger partial charge in [0, 0.05) is 28.9 Å². The largest absolute Gasteiger partial charge is 0.416 e. The van der Waals surface area contributed by atoms with Gasteiger partial charge in [-0.1, -0.05) is 30.0 Å². The lowest BCUT2D eigenvalue weighted by Gasteiger charge is -2.14. The molecule has 1 aliphatic rings. The maximum Gasteiger partial charge on any atom is 0.416 e. The fourth-order valence-corrected chi connectivity index (χ4v) is 5.43. The van der Waals surface area contributed by atoms with Gasteiger partial charge in [-0.05, 0) is 61.6 Å². The molecule has 2 heterocycles. The van der Waals surface area contributed by atoms with E-state index in [-0.39, 0.29) is 11.3 Å². The van der Waals surface area contributed by atoms with Crippen molar-refractivity contribution in [3.63, 3.8) is 0 Å². The summed E-state index contributed by atoms with van der Waals surface area (Å²) in [5, 5.41) is 10.2. The van der Waals surface area contributed by atoms with Crippen molar-refractivity contribution in [1.29, 1.82) is 0 Å². The molecular formula is C24H20F4N4S. The third-order valence-corrected chi connectivity index (χ3v) is 6.92. The van der Waals surface area contributed by atoms with Crippen LogP contribution in [-0.4, -0.2) is 19.7 Å². The van der Waals surface area contributed by atoms with Crippen LogP contribution in [0.1, 0.15) is 35.7 Å². The highest BCUT2D eigenvalue weighted by atomic mass is 32.2. The molecule has 0 N–H and O–H groups in total. The molecule has 4 nitrogen and oxygen atoms in total. The Hall–Kier alpha value is -2.94. The van der Waals surface area contributed by atoms with Crippen LogP contribution in [0.3, 0.4) is 0 Å². The lowest BCUT2D eigenvalue weighted by Crippen LogP contribution is -2.09. The molecule has 170 valence electrons. The van der Waals surface area contributed by atoms with Gasteiger partial charge in [-0.15, -0.1) is 10.2 Å². The van der Waals surface area contributed by atoms with Crippen molar-refractivity contribution in [2.45, 2.75) is 49.8 Å². The summed E-state index contributed by atoms with van der Waals surface area (Å²) in [7, 11) is 0. The van der Waals surface area contributed by atoms with Gasteiger partial charge in [0.25, 0.3) is 0 Å². The number of benzene rings is 2. The van der Waals surface area contributed by atoms with Crippen LogP contribution >= 0.6 is 11.8 Å². The molecule has 0 amide bonds. The molecule has 0 unspecified atom stereocenters. The number of hydrogen-bond donors (Lipinski definition) is 0. The van der Waals surface area contributed by atoms with E-state index in [1.807, 2.05) is 35.8 Å². The number of hydrogen-bond acceptors (Lipinski definition) is 4. The predicted molar refractivity (Wildman–Crippen MR) is 119 cm³/mol. The Morgan fingerprint density at radius 1 is 1.06 bits per heavy atom. The molecule has 2 aromatic heterocycles. The van der Waals surface area contributed by atoms with Crippen molar-refractivity contribution in [1.82, 2.24) is 19.7 Å². The highest BCUT2D eigenvalue weighted by Crippen LogP contribution is 2.39. The summed E-state index contributed by atoms with van der Waals surface area (Å²) in [4.78, 5) is 4.82. The third-order valence-electron chi connectivity index (χ3n) is 5.91. The number of para-hydroxylation sites is 1. The van der Waals surface area contributed by atoms with Crippen molar-refractivity contribution in [3.8, 4) is 11.4 Å². The van der Waals surface area contributed by atoms with E-state index < -0.39 is 17.6 Å². The fraction of sp³-hybridized carbons (Fsp3) is 0.292. The maximum absolute atomic E-state index is 13.7. The van der Waals surface area contributed by atoms with Gasteiger partial charge in [-0.25, -0.2) is 4.39 Å². The first-order valence-corrected chi connectivity index (χ1v) is 11.7. The number of aromatic nitrogens is 4. The summed E-state index contributed by atoms with van der Waals surface area (Å²) < 4.78 is 55.8. The van der Waals surface area contributed by atoms with Crippen molar-refractivity contribution in [3.05, 3.63) is 70.7 Å². The molecule has 2 aromatic carbocycles. The van der Waals surface area contributed by atoms with Crippen LogP contribution in [0.25, 0.3) is 22.3 Å². The summed E-state index contributed by atoms with van der Waals surface area (Å²) in [6.07, 6.45) is -1.72. The number of nitrogens with zero attached hydrogens (tertiary/aromatic N) is 4. The van der Waals surface area contributed by atoms with Gasteiger partial charge in [0.15, 0.2) is 11.0 Å². The standard InChI is InChI=1S/C24H20F4N4S/c1-2-32-22(21-16-6-3-4-8-19(16)29-20-9-5-7-17(20)21)30-31-23(32)33-13-14-12-15(25)10-11-18(14)24(26,27)28/h3-4,6,8,10-12H,2,5,7,9,13H2,1H3. The maximum atomic E-state index is 13.7. The molecule has 33 heavy (non-hydrogen) atoms. The molecule has 1 aliphatic carbocycles. The van der Waals surface area contributed by atoms with Crippen LogP contribution in [0, 0.1) is 5.82 Å². The summed E-state index contributed by atoms with van der Waals surface area (Å²) in [6, 6.07) is 10.4. The van der Waals surface area contributed by atoms with Crippen LogP contribution in [0.2, 0.25) is 0 Å². The zero-order valence-electron chi connectivity index (χ0n) is 17.8. The summed E-state index contributed by atoms with van der Waals surface area (Å²) in [5.74, 6) is -0.0814. The first-order chi connectivity index (χ1) is 15.9. The zero-order chi connectivity index (χ0) is 23.2. The average molecular weight is 473 g/mol. The van der Waals surface area contributed by atoms with Gasteiger partial charge in [0.05, 0.1) is 11.1 Å².